The Morgan fingerprint density at radius 1 is 0.964 bits per heavy atom. The molecule has 0 radical (unpaired) electrons. The molecule has 3 rings (SSSR count). The highest BCUT2D eigenvalue weighted by Crippen LogP contribution is 2.33. The van der Waals surface area contributed by atoms with Gasteiger partial charge in [-0.25, -0.2) is 0 Å². The average molecular weight is 422 g/mol. The Balaban J connectivity index is 1.73. The van der Waals surface area contributed by atoms with E-state index in [1.54, 1.807) is 42.5 Å². The molecule has 0 bridgehead atoms. The van der Waals surface area contributed by atoms with E-state index in [4.69, 9.17) is 11.6 Å². The van der Waals surface area contributed by atoms with Crippen LogP contribution < -0.4 is 5.32 Å². The third-order valence-corrected chi connectivity index (χ3v) is 5.25. The van der Waals surface area contributed by atoms with Crippen LogP contribution in [-0.4, -0.2) is 5.91 Å². The van der Waals surface area contributed by atoms with E-state index in [1.165, 1.54) is 17.8 Å². The van der Waals surface area contributed by atoms with Crippen LogP contribution >= 0.6 is 23.4 Å². The van der Waals surface area contributed by atoms with Crippen LogP contribution in [0.3, 0.4) is 0 Å². The second-order valence-corrected chi connectivity index (χ2v) is 7.40. The van der Waals surface area contributed by atoms with Crippen molar-refractivity contribution in [2.75, 3.05) is 5.32 Å². The van der Waals surface area contributed by atoms with Crippen molar-refractivity contribution in [3.8, 4) is 0 Å². The highest BCUT2D eigenvalue weighted by molar-refractivity contribution is 7.98. The highest BCUT2D eigenvalue weighted by atomic mass is 35.5. The van der Waals surface area contributed by atoms with Crippen LogP contribution in [0.2, 0.25) is 5.02 Å². The SMILES string of the molecule is O=C(Nc1ccccc1SCc1cccc(C(F)(F)F)c1)c1cccc(Cl)c1. The number of nitrogens with one attached hydrogen (secondary N) is 1. The van der Waals surface area contributed by atoms with Gasteiger partial charge in [-0.3, -0.25) is 4.79 Å². The zero-order valence-corrected chi connectivity index (χ0v) is 16.0. The number of benzene rings is 3. The summed E-state index contributed by atoms with van der Waals surface area (Å²) >= 11 is 7.27. The molecule has 0 aliphatic carbocycles. The summed E-state index contributed by atoms with van der Waals surface area (Å²) in [7, 11) is 0. The fraction of sp³-hybridized carbons (Fsp3) is 0.0952. The van der Waals surface area contributed by atoms with Gasteiger partial charge in [-0.2, -0.15) is 13.2 Å². The molecule has 1 N–H and O–H groups in total. The average Bonchev–Trinajstić information content (AvgIpc) is 2.67. The molecule has 3 aromatic rings. The van der Waals surface area contributed by atoms with Crippen LogP contribution in [-0.2, 0) is 11.9 Å². The lowest BCUT2D eigenvalue weighted by molar-refractivity contribution is -0.137. The molecule has 0 aromatic heterocycles. The number of thioether (sulfide) groups is 1. The van der Waals surface area contributed by atoms with Gasteiger partial charge in [0.05, 0.1) is 11.3 Å². The molecule has 0 heterocycles. The highest BCUT2D eigenvalue weighted by Gasteiger charge is 2.30. The van der Waals surface area contributed by atoms with Gasteiger partial charge in [-0.1, -0.05) is 48.0 Å². The maximum absolute atomic E-state index is 12.9. The quantitative estimate of drug-likeness (QED) is 0.454. The van der Waals surface area contributed by atoms with Crippen LogP contribution in [0.1, 0.15) is 21.5 Å². The third kappa shape index (κ3) is 5.30. The van der Waals surface area contributed by atoms with E-state index in [2.05, 4.69) is 5.32 Å². The third-order valence-electron chi connectivity index (χ3n) is 3.87. The number of halogens is 4. The fourth-order valence-electron chi connectivity index (χ4n) is 2.52. The molecule has 0 spiro atoms. The first-order valence-electron chi connectivity index (χ1n) is 8.28. The topological polar surface area (TPSA) is 29.1 Å². The first kappa shape index (κ1) is 20.3. The van der Waals surface area contributed by atoms with E-state index in [0.29, 0.717) is 27.6 Å². The normalized spacial score (nSPS) is 11.3. The molecule has 0 unspecified atom stereocenters. The van der Waals surface area contributed by atoms with E-state index >= 15 is 0 Å². The Morgan fingerprint density at radius 3 is 2.46 bits per heavy atom. The summed E-state index contributed by atoms with van der Waals surface area (Å²) < 4.78 is 38.6. The smallest absolute Gasteiger partial charge is 0.321 e. The second kappa shape index (κ2) is 8.71. The van der Waals surface area contributed by atoms with Gasteiger partial charge in [0, 0.05) is 21.2 Å². The maximum atomic E-state index is 12.9. The molecule has 3 aromatic carbocycles. The van der Waals surface area contributed by atoms with Crippen LogP contribution in [0.25, 0.3) is 0 Å². The first-order valence-corrected chi connectivity index (χ1v) is 9.64. The second-order valence-electron chi connectivity index (χ2n) is 5.95. The van der Waals surface area contributed by atoms with Crippen LogP contribution in [0, 0.1) is 0 Å². The van der Waals surface area contributed by atoms with E-state index in [-0.39, 0.29) is 5.91 Å². The molecule has 0 saturated carbocycles. The molecule has 7 heteroatoms. The molecular formula is C21H15ClF3NOS. The summed E-state index contributed by atoms with van der Waals surface area (Å²) in [5, 5.41) is 3.29. The number of carbonyl (C=O) groups is 1. The van der Waals surface area contributed by atoms with E-state index in [0.717, 1.165) is 17.0 Å². The predicted octanol–water partition coefficient (Wildman–Crippen LogP) is 6.90. The van der Waals surface area contributed by atoms with Crippen LogP contribution in [0.15, 0.2) is 77.7 Å². The molecule has 0 fully saturated rings. The Hall–Kier alpha value is -2.44. The zero-order chi connectivity index (χ0) is 20.1. The number of alkyl halides is 3. The summed E-state index contributed by atoms with van der Waals surface area (Å²) in [5.41, 5.74) is 0.888. The predicted molar refractivity (Wildman–Crippen MR) is 107 cm³/mol. The van der Waals surface area contributed by atoms with E-state index in [1.807, 2.05) is 12.1 Å². The molecule has 0 aliphatic rings. The minimum Gasteiger partial charge on any atom is -0.321 e. The Labute approximate surface area is 169 Å². The van der Waals surface area contributed by atoms with Crippen molar-refractivity contribution >= 4 is 35.0 Å². The molecule has 2 nitrogen and oxygen atoms in total. The van der Waals surface area contributed by atoms with Crippen molar-refractivity contribution in [3.05, 3.63) is 94.5 Å². The number of anilines is 1. The largest absolute Gasteiger partial charge is 0.416 e. The van der Waals surface area contributed by atoms with Crippen LogP contribution in [0.5, 0.6) is 0 Å². The number of hydrogen-bond acceptors (Lipinski definition) is 2. The van der Waals surface area contributed by atoms with Crippen molar-refractivity contribution < 1.29 is 18.0 Å². The summed E-state index contributed by atoms with van der Waals surface area (Å²) in [6.45, 7) is 0. The molecule has 0 aliphatic heterocycles. The summed E-state index contributed by atoms with van der Waals surface area (Å²) in [4.78, 5) is 13.2. The molecule has 1 amide bonds. The molecule has 144 valence electrons. The van der Waals surface area contributed by atoms with Gasteiger partial charge < -0.3 is 5.32 Å². The van der Waals surface area contributed by atoms with Gasteiger partial charge in [0.25, 0.3) is 5.91 Å². The Kier molecular flexibility index (Phi) is 6.31. The lowest BCUT2D eigenvalue weighted by Gasteiger charge is -2.12. The van der Waals surface area contributed by atoms with E-state index < -0.39 is 11.7 Å². The van der Waals surface area contributed by atoms with Crippen molar-refractivity contribution in [1.82, 2.24) is 0 Å². The lowest BCUT2D eigenvalue weighted by Crippen LogP contribution is -2.12. The van der Waals surface area contributed by atoms with Crippen molar-refractivity contribution in [2.24, 2.45) is 0 Å². The lowest BCUT2D eigenvalue weighted by atomic mass is 10.1. The number of para-hydroxylation sites is 1. The minimum absolute atomic E-state index is 0.311. The van der Waals surface area contributed by atoms with Gasteiger partial charge in [0.1, 0.15) is 0 Å². The Bertz CT molecular complexity index is 991. The fourth-order valence-corrected chi connectivity index (χ4v) is 3.66. The standard InChI is InChI=1S/C21H15ClF3NOS/c22-17-8-4-6-15(12-17)20(27)26-18-9-1-2-10-19(18)28-13-14-5-3-7-16(11-14)21(23,24)25/h1-12H,13H2,(H,26,27). The molecule has 0 saturated heterocycles. The van der Waals surface area contributed by atoms with E-state index in [9.17, 15) is 18.0 Å². The summed E-state index contributed by atoms with van der Waals surface area (Å²) in [6.07, 6.45) is -4.37. The monoisotopic (exact) mass is 421 g/mol. The summed E-state index contributed by atoms with van der Waals surface area (Å²) in [5.74, 6) is 0.0307. The van der Waals surface area contributed by atoms with Crippen molar-refractivity contribution in [3.63, 3.8) is 0 Å². The zero-order valence-electron chi connectivity index (χ0n) is 14.5. The number of amides is 1. The van der Waals surface area contributed by atoms with Crippen molar-refractivity contribution in [2.45, 2.75) is 16.8 Å². The maximum Gasteiger partial charge on any atom is 0.416 e. The number of hydrogen-bond donors (Lipinski definition) is 1. The van der Waals surface area contributed by atoms with Gasteiger partial charge in [-0.05, 0) is 42.0 Å². The number of carbonyl (C=O) groups excluding carboxylic acids is 1. The first-order chi connectivity index (χ1) is 13.3. The molecule has 28 heavy (non-hydrogen) atoms. The van der Waals surface area contributed by atoms with Gasteiger partial charge in [0.15, 0.2) is 0 Å². The number of rotatable bonds is 5. The minimum atomic E-state index is -4.37. The molecule has 0 atom stereocenters. The molecular weight excluding hydrogens is 407 g/mol. The van der Waals surface area contributed by atoms with Gasteiger partial charge >= 0.3 is 6.18 Å². The van der Waals surface area contributed by atoms with Gasteiger partial charge in [0.2, 0.25) is 0 Å². The van der Waals surface area contributed by atoms with Crippen molar-refractivity contribution in [1.29, 1.82) is 0 Å². The summed E-state index contributed by atoms with van der Waals surface area (Å²) in [6, 6.07) is 19.0. The van der Waals surface area contributed by atoms with Gasteiger partial charge in [-0.15, -0.1) is 11.8 Å². The Morgan fingerprint density at radius 2 is 1.71 bits per heavy atom. The van der Waals surface area contributed by atoms with Crippen LogP contribution in [0.4, 0.5) is 18.9 Å².